The molecule has 0 aliphatic carbocycles. The van der Waals surface area contributed by atoms with Gasteiger partial charge in [-0.25, -0.2) is 14.0 Å². The van der Waals surface area contributed by atoms with Gasteiger partial charge < -0.3 is 29.5 Å². The van der Waals surface area contributed by atoms with E-state index in [1.165, 1.54) is 11.0 Å². The van der Waals surface area contributed by atoms with Gasteiger partial charge in [0.25, 0.3) is 5.91 Å². The highest BCUT2D eigenvalue weighted by atomic mass is 19.4. The Morgan fingerprint density at radius 2 is 1.53 bits per heavy atom. The second-order valence-corrected chi connectivity index (χ2v) is 14.7. The number of urea groups is 1. The minimum absolute atomic E-state index is 0.0359. The lowest BCUT2D eigenvalue weighted by Crippen LogP contribution is -2.57. The molecule has 12 nitrogen and oxygen atoms in total. The number of alkyl halides is 4. The third kappa shape index (κ3) is 10.3. The molecule has 300 valence electrons. The van der Waals surface area contributed by atoms with Crippen LogP contribution in [0.4, 0.5) is 32.8 Å². The Kier molecular flexibility index (Phi) is 13.2. The number of hydrogen-bond acceptors (Lipinski definition) is 8. The Bertz CT molecular complexity index is 1670. The van der Waals surface area contributed by atoms with E-state index in [2.05, 4.69) is 15.1 Å². The molecule has 2 aromatic rings. The zero-order valence-corrected chi connectivity index (χ0v) is 31.2. The number of rotatable bonds is 10. The summed E-state index contributed by atoms with van der Waals surface area (Å²) in [5, 5.41) is 2.98. The second kappa shape index (κ2) is 18.0. The second-order valence-electron chi connectivity index (χ2n) is 14.7. The number of ether oxygens (including phenoxy) is 2. The predicted molar refractivity (Wildman–Crippen MR) is 195 cm³/mol. The van der Waals surface area contributed by atoms with Crippen LogP contribution in [0, 0.1) is 0 Å². The van der Waals surface area contributed by atoms with E-state index < -0.39 is 36.5 Å². The molecule has 0 spiro atoms. The van der Waals surface area contributed by atoms with Crippen LogP contribution in [0.15, 0.2) is 42.5 Å². The van der Waals surface area contributed by atoms with Gasteiger partial charge in [0.1, 0.15) is 6.67 Å². The van der Waals surface area contributed by atoms with E-state index in [0.29, 0.717) is 58.6 Å². The van der Waals surface area contributed by atoms with Gasteiger partial charge in [-0.15, -0.1) is 0 Å². The molecule has 0 saturated carbocycles. The summed E-state index contributed by atoms with van der Waals surface area (Å²) in [6, 6.07) is 10.5. The summed E-state index contributed by atoms with van der Waals surface area (Å²) in [6.07, 6.45) is -3.94. The van der Waals surface area contributed by atoms with Crippen LogP contribution in [0.1, 0.15) is 54.9 Å². The summed E-state index contributed by atoms with van der Waals surface area (Å²) < 4.78 is 65.9. The summed E-state index contributed by atoms with van der Waals surface area (Å²) in [4.78, 5) is 61.9. The molecule has 4 amide bonds. The zero-order chi connectivity index (χ0) is 39.1. The van der Waals surface area contributed by atoms with Crippen LogP contribution in [0.2, 0.25) is 0 Å². The van der Waals surface area contributed by atoms with Crippen molar-refractivity contribution in [3.8, 4) is 0 Å². The third-order valence-corrected chi connectivity index (χ3v) is 11.1. The van der Waals surface area contributed by atoms with E-state index in [0.717, 1.165) is 49.3 Å². The molecule has 1 N–H and O–H groups in total. The van der Waals surface area contributed by atoms with Crippen molar-refractivity contribution in [2.75, 3.05) is 77.4 Å². The highest BCUT2D eigenvalue weighted by Gasteiger charge is 2.37. The number of amides is 4. The van der Waals surface area contributed by atoms with Crippen molar-refractivity contribution in [3.63, 3.8) is 0 Å². The number of likely N-dealkylation sites (tertiary alicyclic amines) is 2. The van der Waals surface area contributed by atoms with E-state index in [4.69, 9.17) is 9.47 Å². The van der Waals surface area contributed by atoms with Crippen LogP contribution >= 0.6 is 0 Å². The summed E-state index contributed by atoms with van der Waals surface area (Å²) in [5.41, 5.74) is 0.630. The van der Waals surface area contributed by atoms with Gasteiger partial charge in [0.2, 0.25) is 0 Å². The number of carbonyl (C=O) groups excluding carboxylic acids is 4. The molecule has 3 saturated heterocycles. The van der Waals surface area contributed by atoms with Crippen LogP contribution < -0.4 is 5.32 Å². The van der Waals surface area contributed by atoms with E-state index in [9.17, 15) is 36.7 Å². The van der Waals surface area contributed by atoms with Crippen molar-refractivity contribution in [2.24, 2.45) is 0 Å². The van der Waals surface area contributed by atoms with Crippen molar-refractivity contribution in [3.05, 3.63) is 64.7 Å². The van der Waals surface area contributed by atoms with E-state index in [1.807, 2.05) is 24.3 Å². The Hall–Kier alpha value is -4.44. The fourth-order valence-corrected chi connectivity index (χ4v) is 8.15. The zero-order valence-electron chi connectivity index (χ0n) is 31.2. The molecule has 2 aromatic carbocycles. The smallest absolute Gasteiger partial charge is 0.416 e. The van der Waals surface area contributed by atoms with E-state index >= 15 is 0 Å². The normalized spacial score (nSPS) is 20.0. The molecule has 0 radical (unpaired) electrons. The first-order valence-electron chi connectivity index (χ1n) is 19.2. The van der Waals surface area contributed by atoms with Gasteiger partial charge >= 0.3 is 24.3 Å². The number of fused-ring (bicyclic) bond motifs is 1. The Labute approximate surface area is 318 Å². The molecule has 4 aliphatic rings. The Balaban J connectivity index is 1.08. The van der Waals surface area contributed by atoms with Crippen LogP contribution in [0.3, 0.4) is 0 Å². The number of anilines is 1. The lowest BCUT2D eigenvalue weighted by Gasteiger charge is -2.43. The number of hydrogen-bond donors (Lipinski definition) is 1. The Morgan fingerprint density at radius 3 is 2.20 bits per heavy atom. The summed E-state index contributed by atoms with van der Waals surface area (Å²) in [7, 11) is 0. The molecule has 0 bridgehead atoms. The minimum Gasteiger partial charge on any atom is -0.465 e. The molecule has 4 heterocycles. The van der Waals surface area contributed by atoms with Gasteiger partial charge in [-0.05, 0) is 73.9 Å². The molecule has 3 fully saturated rings. The van der Waals surface area contributed by atoms with Crippen molar-refractivity contribution >= 4 is 29.7 Å². The lowest BCUT2D eigenvalue weighted by molar-refractivity contribution is -0.145. The van der Waals surface area contributed by atoms with Crippen molar-refractivity contribution in [2.45, 2.75) is 76.5 Å². The largest absolute Gasteiger partial charge is 0.465 e. The van der Waals surface area contributed by atoms with Gasteiger partial charge in [-0.1, -0.05) is 24.3 Å². The molecule has 16 heteroatoms. The number of nitrogens with zero attached hydrogens (tertiary/aromatic N) is 5. The van der Waals surface area contributed by atoms with Crippen LogP contribution in [0.5, 0.6) is 0 Å². The summed E-state index contributed by atoms with van der Waals surface area (Å²) in [5.74, 6) is -0.764. The maximum Gasteiger partial charge on any atom is 0.416 e. The fraction of sp³-hybridized carbons (Fsp3) is 0.590. The van der Waals surface area contributed by atoms with Crippen LogP contribution in [-0.4, -0.2) is 139 Å². The summed E-state index contributed by atoms with van der Waals surface area (Å²) in [6.45, 7) is 5.56. The monoisotopic (exact) mass is 774 g/mol. The summed E-state index contributed by atoms with van der Waals surface area (Å²) >= 11 is 0. The molecule has 1 atom stereocenters. The van der Waals surface area contributed by atoms with E-state index in [1.54, 1.807) is 16.7 Å². The maximum atomic E-state index is 14.1. The quantitative estimate of drug-likeness (QED) is 0.267. The number of piperidine rings is 2. The number of benzene rings is 2. The molecule has 6 rings (SSSR count). The van der Waals surface area contributed by atoms with Gasteiger partial charge in [0, 0.05) is 83.1 Å². The van der Waals surface area contributed by atoms with Crippen molar-refractivity contribution in [1.82, 2.24) is 24.5 Å². The molecule has 55 heavy (non-hydrogen) atoms. The van der Waals surface area contributed by atoms with Crippen LogP contribution in [0.25, 0.3) is 0 Å². The lowest BCUT2D eigenvalue weighted by atomic mass is 10.00. The Morgan fingerprint density at radius 1 is 0.855 bits per heavy atom. The standard InChI is InChI=1S/C39H50F4N6O6/c1-2-54-35(50)26-45-12-8-31(9-13-45)46-17-19-47(20-18-46)36(51)34(24-27-21-28(25-40)23-30(22-27)39(41,42)43)55-38(53)48-14-10-32(11-15-48)49-16-7-29-5-3-4-6-33(29)44-37(49)52/h3-6,21-23,31-32,34H,2,7-20,24-26H2,1H3,(H,44,52)/t34-/m1/s1. The molecule has 4 aliphatic heterocycles. The molecular weight excluding hydrogens is 724 g/mol. The number of piperazine rings is 1. The number of carbonyl (C=O) groups is 4. The van der Waals surface area contributed by atoms with Gasteiger partial charge in [0.05, 0.1) is 18.7 Å². The number of nitrogens with one attached hydrogen (secondary N) is 1. The minimum atomic E-state index is -4.74. The first-order chi connectivity index (χ1) is 26.4. The van der Waals surface area contributed by atoms with Gasteiger partial charge in [-0.2, -0.15) is 13.2 Å². The highest BCUT2D eigenvalue weighted by molar-refractivity contribution is 5.91. The molecule has 0 unspecified atom stereocenters. The highest BCUT2D eigenvalue weighted by Crippen LogP contribution is 2.32. The third-order valence-electron chi connectivity index (χ3n) is 11.1. The van der Waals surface area contributed by atoms with Gasteiger partial charge in [0.15, 0.2) is 6.10 Å². The van der Waals surface area contributed by atoms with E-state index in [-0.39, 0.29) is 61.3 Å². The van der Waals surface area contributed by atoms with Crippen molar-refractivity contribution < 1.29 is 46.2 Å². The van der Waals surface area contributed by atoms with Gasteiger partial charge in [-0.3, -0.25) is 19.4 Å². The average molecular weight is 775 g/mol. The topological polar surface area (TPSA) is 115 Å². The SMILES string of the molecule is CCOC(=O)CN1CCC(N2CCN(C(=O)[C@@H](Cc3cc(CF)cc(C(F)(F)F)c3)OC(=O)N3CCC(N4CCc5ccccc5NC4=O)CC3)CC2)CC1. The number of para-hydroxylation sites is 1. The fourth-order valence-electron chi connectivity index (χ4n) is 8.15. The number of halogens is 4. The average Bonchev–Trinajstić information content (AvgIpc) is 3.35. The van der Waals surface area contributed by atoms with Crippen LogP contribution in [-0.2, 0) is 44.8 Å². The maximum absolute atomic E-state index is 14.1. The first-order valence-corrected chi connectivity index (χ1v) is 19.2. The molecular formula is C39H50F4N6O6. The number of esters is 1. The predicted octanol–water partition coefficient (Wildman–Crippen LogP) is 4.95. The molecule has 0 aromatic heterocycles. The van der Waals surface area contributed by atoms with Crippen molar-refractivity contribution in [1.29, 1.82) is 0 Å². The first kappa shape index (κ1) is 40.2.